The van der Waals surface area contributed by atoms with Crippen LogP contribution in [0, 0.1) is 12.8 Å². The summed E-state index contributed by atoms with van der Waals surface area (Å²) in [5.74, 6) is -1.28. The largest absolute Gasteiger partial charge is 0.416 e. The smallest absolute Gasteiger partial charge is 0.396 e. The molecule has 0 saturated heterocycles. The zero-order valence-electron chi connectivity index (χ0n) is 19.8. The van der Waals surface area contributed by atoms with Crippen LogP contribution in [0.2, 0.25) is 5.15 Å². The van der Waals surface area contributed by atoms with Crippen molar-refractivity contribution in [1.82, 2.24) is 9.88 Å². The minimum Gasteiger partial charge on any atom is -0.396 e. The molecular formula is C26H23ClF6N2O2. The number of aromatic nitrogens is 1. The van der Waals surface area contributed by atoms with Crippen molar-refractivity contribution >= 4 is 17.5 Å². The topological polar surface area (TPSA) is 53.4 Å². The van der Waals surface area contributed by atoms with Gasteiger partial charge in [-0.2, -0.15) is 26.3 Å². The van der Waals surface area contributed by atoms with Gasteiger partial charge in [-0.05, 0) is 47.7 Å². The Morgan fingerprint density at radius 3 is 2.11 bits per heavy atom. The molecule has 11 heteroatoms. The number of hydrogen-bond acceptors (Lipinski definition) is 3. The van der Waals surface area contributed by atoms with Crippen LogP contribution in [0.4, 0.5) is 26.3 Å². The van der Waals surface area contributed by atoms with E-state index >= 15 is 0 Å². The molecule has 4 nitrogen and oxygen atoms in total. The van der Waals surface area contributed by atoms with Gasteiger partial charge in [-0.1, -0.05) is 48.9 Å². The maximum atomic E-state index is 13.8. The second-order valence-electron chi connectivity index (χ2n) is 8.74. The number of pyridine rings is 1. The molecule has 0 saturated carbocycles. The van der Waals surface area contributed by atoms with E-state index in [2.05, 4.69) is 4.98 Å². The number of benzene rings is 2. The molecule has 0 aliphatic carbocycles. The number of amides is 1. The Bertz CT molecular complexity index is 1230. The molecule has 2 aromatic carbocycles. The molecule has 1 N–H and O–H groups in total. The van der Waals surface area contributed by atoms with Gasteiger partial charge in [0.25, 0.3) is 5.91 Å². The van der Waals surface area contributed by atoms with Crippen molar-refractivity contribution in [2.45, 2.75) is 32.7 Å². The Labute approximate surface area is 214 Å². The zero-order valence-corrected chi connectivity index (χ0v) is 20.5. The van der Waals surface area contributed by atoms with E-state index in [1.807, 2.05) is 0 Å². The van der Waals surface area contributed by atoms with Gasteiger partial charge in [0, 0.05) is 31.5 Å². The molecule has 198 valence electrons. The van der Waals surface area contributed by atoms with Crippen LogP contribution in [0.5, 0.6) is 0 Å². The van der Waals surface area contributed by atoms with E-state index in [1.165, 1.54) is 6.20 Å². The SMILES string of the molecule is Cc1cnc(Cl)c(C(=O)N(Cc2cc(C(F)(F)F)cc(C(F)(F)F)c2)CC(C)CO)c1-c1ccccc1. The molecule has 0 fully saturated rings. The van der Waals surface area contributed by atoms with Gasteiger partial charge >= 0.3 is 12.4 Å². The van der Waals surface area contributed by atoms with Crippen LogP contribution >= 0.6 is 11.6 Å². The third kappa shape index (κ3) is 6.81. The second kappa shape index (κ2) is 11.1. The van der Waals surface area contributed by atoms with Gasteiger partial charge in [0.05, 0.1) is 16.7 Å². The number of aliphatic hydroxyl groups is 1. The Balaban J connectivity index is 2.15. The first-order valence-electron chi connectivity index (χ1n) is 11.1. The predicted molar refractivity (Wildman–Crippen MR) is 127 cm³/mol. The van der Waals surface area contributed by atoms with E-state index in [4.69, 9.17) is 11.6 Å². The molecule has 3 aromatic rings. The van der Waals surface area contributed by atoms with Crippen LogP contribution in [0.25, 0.3) is 11.1 Å². The number of alkyl halides is 6. The molecule has 37 heavy (non-hydrogen) atoms. The number of aryl methyl sites for hydroxylation is 1. The molecule has 0 aliphatic heterocycles. The maximum Gasteiger partial charge on any atom is 0.416 e. The number of rotatable bonds is 7. The minimum absolute atomic E-state index is 0.0286. The number of nitrogens with zero attached hydrogens (tertiary/aromatic N) is 2. The Morgan fingerprint density at radius 1 is 1.03 bits per heavy atom. The Kier molecular flexibility index (Phi) is 8.54. The predicted octanol–water partition coefficient (Wildman–Crippen LogP) is 7.02. The van der Waals surface area contributed by atoms with Crippen molar-refractivity contribution in [3.63, 3.8) is 0 Å². The molecule has 1 amide bonds. The third-order valence-electron chi connectivity index (χ3n) is 5.65. The summed E-state index contributed by atoms with van der Waals surface area (Å²) < 4.78 is 80.4. The fourth-order valence-electron chi connectivity index (χ4n) is 3.90. The normalized spacial score (nSPS) is 12.9. The molecule has 3 rings (SSSR count). The van der Waals surface area contributed by atoms with Crippen molar-refractivity contribution in [2.75, 3.05) is 13.2 Å². The number of carbonyl (C=O) groups is 1. The molecule has 1 heterocycles. The van der Waals surface area contributed by atoms with Crippen LogP contribution in [0.3, 0.4) is 0 Å². The Morgan fingerprint density at radius 2 is 1.59 bits per heavy atom. The van der Waals surface area contributed by atoms with Gasteiger partial charge in [0.15, 0.2) is 0 Å². The summed E-state index contributed by atoms with van der Waals surface area (Å²) >= 11 is 6.33. The highest BCUT2D eigenvalue weighted by Gasteiger charge is 2.37. The van der Waals surface area contributed by atoms with E-state index in [0.29, 0.717) is 28.8 Å². The van der Waals surface area contributed by atoms with E-state index in [9.17, 15) is 36.2 Å². The summed E-state index contributed by atoms with van der Waals surface area (Å²) in [5.41, 5.74) is -1.74. The zero-order chi connectivity index (χ0) is 27.5. The van der Waals surface area contributed by atoms with E-state index < -0.39 is 41.8 Å². The van der Waals surface area contributed by atoms with Crippen molar-refractivity contribution in [3.8, 4) is 11.1 Å². The number of aliphatic hydroxyl groups excluding tert-OH is 1. The summed E-state index contributed by atoms with van der Waals surface area (Å²) in [6.45, 7) is 2.17. The second-order valence-corrected chi connectivity index (χ2v) is 9.09. The third-order valence-corrected chi connectivity index (χ3v) is 5.94. The fourth-order valence-corrected chi connectivity index (χ4v) is 4.12. The van der Waals surface area contributed by atoms with Gasteiger partial charge in [-0.3, -0.25) is 4.79 Å². The van der Waals surface area contributed by atoms with Gasteiger partial charge in [-0.25, -0.2) is 4.98 Å². The standard InChI is InChI=1S/C26H23ClF6N2O2/c1-15(14-36)12-35(13-17-8-19(25(28,29)30)10-20(9-17)26(31,32)33)24(37)22-21(16(2)11-34-23(22)27)18-6-4-3-5-7-18/h3-11,15,36H,12-14H2,1-2H3. The molecule has 1 unspecified atom stereocenters. The van der Waals surface area contributed by atoms with Crippen molar-refractivity contribution in [1.29, 1.82) is 0 Å². The van der Waals surface area contributed by atoms with E-state index in [1.54, 1.807) is 44.2 Å². The molecule has 1 aromatic heterocycles. The van der Waals surface area contributed by atoms with Crippen LogP contribution in [-0.2, 0) is 18.9 Å². The lowest BCUT2D eigenvalue weighted by molar-refractivity contribution is -0.143. The Hall–Kier alpha value is -3.11. The van der Waals surface area contributed by atoms with Gasteiger partial charge in [0.2, 0.25) is 0 Å². The lowest BCUT2D eigenvalue weighted by Crippen LogP contribution is -2.36. The molecule has 1 atom stereocenters. The fraction of sp³-hybridized carbons (Fsp3) is 0.308. The summed E-state index contributed by atoms with van der Waals surface area (Å²) in [6.07, 6.45) is -8.61. The number of hydrogen-bond donors (Lipinski definition) is 1. The quantitative estimate of drug-likeness (QED) is 0.257. The molecule has 0 spiro atoms. The molecule has 0 radical (unpaired) electrons. The van der Waals surface area contributed by atoms with Crippen molar-refractivity contribution in [2.24, 2.45) is 5.92 Å². The highest BCUT2D eigenvalue weighted by atomic mass is 35.5. The van der Waals surface area contributed by atoms with Crippen molar-refractivity contribution in [3.05, 3.63) is 87.7 Å². The summed E-state index contributed by atoms with van der Waals surface area (Å²) in [4.78, 5) is 18.9. The molecular weight excluding hydrogens is 522 g/mol. The van der Waals surface area contributed by atoms with Crippen LogP contribution in [-0.4, -0.2) is 34.0 Å². The summed E-state index contributed by atoms with van der Waals surface area (Å²) in [5, 5.41) is 9.39. The average Bonchev–Trinajstić information content (AvgIpc) is 2.83. The lowest BCUT2D eigenvalue weighted by atomic mass is 9.96. The van der Waals surface area contributed by atoms with Gasteiger partial charge in [0.1, 0.15) is 5.15 Å². The van der Waals surface area contributed by atoms with Crippen molar-refractivity contribution < 1.29 is 36.2 Å². The summed E-state index contributed by atoms with van der Waals surface area (Å²) in [7, 11) is 0. The first kappa shape index (κ1) is 28.5. The van der Waals surface area contributed by atoms with Gasteiger partial charge < -0.3 is 10.0 Å². The van der Waals surface area contributed by atoms with E-state index in [-0.39, 0.29) is 35.5 Å². The minimum atomic E-state index is -5.03. The monoisotopic (exact) mass is 544 g/mol. The van der Waals surface area contributed by atoms with E-state index in [0.717, 1.165) is 4.90 Å². The van der Waals surface area contributed by atoms with Crippen LogP contribution in [0.15, 0.2) is 54.7 Å². The highest BCUT2D eigenvalue weighted by molar-refractivity contribution is 6.33. The highest BCUT2D eigenvalue weighted by Crippen LogP contribution is 2.37. The first-order chi connectivity index (χ1) is 17.2. The van der Waals surface area contributed by atoms with Gasteiger partial charge in [-0.15, -0.1) is 0 Å². The number of carbonyl (C=O) groups excluding carboxylic acids is 1. The maximum absolute atomic E-state index is 13.8. The first-order valence-corrected chi connectivity index (χ1v) is 11.5. The number of halogens is 7. The molecule has 0 aliphatic rings. The van der Waals surface area contributed by atoms with Crippen LogP contribution < -0.4 is 0 Å². The lowest BCUT2D eigenvalue weighted by Gasteiger charge is -2.28. The molecule has 0 bridgehead atoms. The average molecular weight is 545 g/mol. The van der Waals surface area contributed by atoms with Crippen LogP contribution in [0.1, 0.15) is 39.5 Å². The summed E-state index contributed by atoms with van der Waals surface area (Å²) in [6, 6.07) is 9.90.